The molecule has 0 spiro atoms. The van der Waals surface area contributed by atoms with Crippen molar-refractivity contribution in [2.75, 3.05) is 20.1 Å². The average Bonchev–Trinajstić information content (AvgIpc) is 1.87. The predicted molar refractivity (Wildman–Crippen MR) is 26.5 cm³/mol. The summed E-state index contributed by atoms with van der Waals surface area (Å²) in [7, 11) is 1.92. The lowest BCUT2D eigenvalue weighted by molar-refractivity contribution is 0.394. The standard InChI is InChI=1S/C5H9FN/c1-7-3-2-5(6)4-7/h2-4H2,1H3. The summed E-state index contributed by atoms with van der Waals surface area (Å²) >= 11 is 0. The molecule has 0 aromatic rings. The summed E-state index contributed by atoms with van der Waals surface area (Å²) in [6.45, 7) is 1.45. The van der Waals surface area contributed by atoms with Crippen molar-refractivity contribution in [3.05, 3.63) is 6.17 Å². The maximum absolute atomic E-state index is 12.0. The summed E-state index contributed by atoms with van der Waals surface area (Å²) in [6.07, 6.45) is 0.777. The van der Waals surface area contributed by atoms with E-state index in [0.29, 0.717) is 13.0 Å². The molecule has 0 atom stereocenters. The molecule has 0 bridgehead atoms. The summed E-state index contributed by atoms with van der Waals surface area (Å²) in [5, 5.41) is 0. The molecule has 1 heterocycles. The third-order valence-electron chi connectivity index (χ3n) is 1.21. The fourth-order valence-electron chi connectivity index (χ4n) is 0.763. The van der Waals surface area contributed by atoms with E-state index in [1.165, 1.54) is 0 Å². The molecule has 1 radical (unpaired) electrons. The molecule has 2 heteroatoms. The van der Waals surface area contributed by atoms with Crippen molar-refractivity contribution < 1.29 is 4.39 Å². The van der Waals surface area contributed by atoms with Crippen LogP contribution in [0.25, 0.3) is 0 Å². The zero-order chi connectivity index (χ0) is 5.28. The zero-order valence-corrected chi connectivity index (χ0v) is 4.45. The first-order valence-electron chi connectivity index (χ1n) is 2.48. The lowest BCUT2D eigenvalue weighted by Crippen LogP contribution is -2.11. The number of rotatable bonds is 0. The van der Waals surface area contributed by atoms with Crippen LogP contribution < -0.4 is 0 Å². The minimum absolute atomic E-state index is 0.127. The van der Waals surface area contributed by atoms with E-state index in [9.17, 15) is 4.39 Å². The van der Waals surface area contributed by atoms with Crippen LogP contribution in [0.2, 0.25) is 0 Å². The van der Waals surface area contributed by atoms with E-state index >= 15 is 0 Å². The molecule has 0 aliphatic carbocycles. The van der Waals surface area contributed by atoms with Gasteiger partial charge >= 0.3 is 0 Å². The van der Waals surface area contributed by atoms with Crippen LogP contribution in [0.15, 0.2) is 0 Å². The van der Waals surface area contributed by atoms with Crippen LogP contribution in [0.3, 0.4) is 0 Å². The van der Waals surface area contributed by atoms with Crippen molar-refractivity contribution in [2.24, 2.45) is 0 Å². The molecule has 0 amide bonds. The minimum Gasteiger partial charge on any atom is -0.303 e. The number of hydrogen-bond donors (Lipinski definition) is 0. The maximum atomic E-state index is 12.0. The molecule has 1 rings (SSSR count). The van der Waals surface area contributed by atoms with Gasteiger partial charge in [-0.25, -0.2) is 4.39 Å². The number of nitrogens with zero attached hydrogens (tertiary/aromatic N) is 1. The molecule has 1 aliphatic rings. The Morgan fingerprint density at radius 2 is 2.43 bits per heavy atom. The zero-order valence-electron chi connectivity index (χ0n) is 4.45. The summed E-state index contributed by atoms with van der Waals surface area (Å²) in [4.78, 5) is 1.97. The van der Waals surface area contributed by atoms with Crippen molar-refractivity contribution in [1.29, 1.82) is 0 Å². The quantitative estimate of drug-likeness (QED) is 0.437. The van der Waals surface area contributed by atoms with Crippen molar-refractivity contribution in [3.8, 4) is 0 Å². The smallest absolute Gasteiger partial charge is 0.159 e. The van der Waals surface area contributed by atoms with Crippen molar-refractivity contribution in [1.82, 2.24) is 4.90 Å². The van der Waals surface area contributed by atoms with Crippen molar-refractivity contribution >= 4 is 0 Å². The molecule has 0 unspecified atom stereocenters. The van der Waals surface area contributed by atoms with E-state index in [4.69, 9.17) is 0 Å². The van der Waals surface area contributed by atoms with Gasteiger partial charge in [-0.3, -0.25) is 0 Å². The Morgan fingerprint density at radius 1 is 1.71 bits per heavy atom. The highest BCUT2D eigenvalue weighted by atomic mass is 19.1. The molecule has 0 aromatic heterocycles. The molecular weight excluding hydrogens is 93.1 g/mol. The van der Waals surface area contributed by atoms with Crippen LogP contribution in [0.4, 0.5) is 4.39 Å². The van der Waals surface area contributed by atoms with Gasteiger partial charge in [0.05, 0.1) is 0 Å². The fraction of sp³-hybridized carbons (Fsp3) is 0.800. The van der Waals surface area contributed by atoms with E-state index in [-0.39, 0.29) is 6.17 Å². The normalized spacial score (nSPS) is 26.6. The van der Waals surface area contributed by atoms with Gasteiger partial charge in [-0.2, -0.15) is 0 Å². The highest BCUT2D eigenvalue weighted by Crippen LogP contribution is 2.16. The number of hydrogen-bond acceptors (Lipinski definition) is 1. The molecule has 0 saturated carbocycles. The first kappa shape index (κ1) is 5.04. The second kappa shape index (κ2) is 1.78. The largest absolute Gasteiger partial charge is 0.303 e. The lowest BCUT2D eigenvalue weighted by atomic mass is 10.4. The first-order valence-corrected chi connectivity index (χ1v) is 2.48. The molecule has 7 heavy (non-hydrogen) atoms. The van der Waals surface area contributed by atoms with Gasteiger partial charge in [0.15, 0.2) is 6.17 Å². The fourth-order valence-corrected chi connectivity index (χ4v) is 0.763. The Morgan fingerprint density at radius 3 is 2.57 bits per heavy atom. The Labute approximate surface area is 43.1 Å². The molecule has 1 nitrogen and oxygen atoms in total. The molecule has 1 saturated heterocycles. The SMILES string of the molecule is CN1CC[C](F)C1. The molecule has 41 valence electrons. The van der Waals surface area contributed by atoms with E-state index < -0.39 is 0 Å². The summed E-state index contributed by atoms with van der Waals surface area (Å²) in [5.74, 6) is 0. The second-order valence-corrected chi connectivity index (χ2v) is 2.01. The monoisotopic (exact) mass is 102 g/mol. The van der Waals surface area contributed by atoms with Crippen LogP contribution in [0.5, 0.6) is 0 Å². The predicted octanol–water partition coefficient (Wildman–Crippen LogP) is 0.823. The summed E-state index contributed by atoms with van der Waals surface area (Å²) < 4.78 is 12.0. The van der Waals surface area contributed by atoms with Crippen LogP contribution >= 0.6 is 0 Å². The van der Waals surface area contributed by atoms with Gasteiger partial charge in [0.25, 0.3) is 0 Å². The van der Waals surface area contributed by atoms with E-state index in [1.54, 1.807) is 0 Å². The summed E-state index contributed by atoms with van der Waals surface area (Å²) in [6, 6.07) is 0. The third-order valence-corrected chi connectivity index (χ3v) is 1.21. The van der Waals surface area contributed by atoms with Crippen molar-refractivity contribution in [2.45, 2.75) is 6.42 Å². The van der Waals surface area contributed by atoms with Crippen LogP contribution in [0, 0.1) is 6.17 Å². The maximum Gasteiger partial charge on any atom is 0.159 e. The number of halogens is 1. The number of likely N-dealkylation sites (tertiary alicyclic amines) is 1. The minimum atomic E-state index is 0.127. The average molecular weight is 102 g/mol. The van der Waals surface area contributed by atoms with Gasteiger partial charge in [0, 0.05) is 13.1 Å². The molecular formula is C5H9FN. The van der Waals surface area contributed by atoms with Gasteiger partial charge in [0.1, 0.15) is 0 Å². The molecule has 0 aromatic carbocycles. The lowest BCUT2D eigenvalue weighted by Gasteiger charge is -2.01. The highest BCUT2D eigenvalue weighted by Gasteiger charge is 2.18. The Kier molecular flexibility index (Phi) is 1.28. The molecule has 1 fully saturated rings. The van der Waals surface area contributed by atoms with Gasteiger partial charge in [0.2, 0.25) is 0 Å². The summed E-state index contributed by atoms with van der Waals surface area (Å²) in [5.41, 5.74) is 0. The van der Waals surface area contributed by atoms with Crippen molar-refractivity contribution in [3.63, 3.8) is 0 Å². The first-order chi connectivity index (χ1) is 3.29. The van der Waals surface area contributed by atoms with Crippen LogP contribution in [-0.2, 0) is 0 Å². The Bertz CT molecular complexity index is 57.1. The van der Waals surface area contributed by atoms with Crippen LogP contribution in [0.1, 0.15) is 6.42 Å². The topological polar surface area (TPSA) is 3.24 Å². The molecule has 0 N–H and O–H groups in total. The molecule has 1 aliphatic heterocycles. The van der Waals surface area contributed by atoms with E-state index in [2.05, 4.69) is 0 Å². The highest BCUT2D eigenvalue weighted by molar-refractivity contribution is 4.87. The second-order valence-electron chi connectivity index (χ2n) is 2.01. The third kappa shape index (κ3) is 1.13. The Hall–Kier alpha value is -0.110. The van der Waals surface area contributed by atoms with Gasteiger partial charge in [-0.1, -0.05) is 0 Å². The van der Waals surface area contributed by atoms with Gasteiger partial charge in [-0.15, -0.1) is 0 Å². The van der Waals surface area contributed by atoms with Gasteiger partial charge < -0.3 is 4.90 Å². The van der Waals surface area contributed by atoms with Gasteiger partial charge in [-0.05, 0) is 13.5 Å². The van der Waals surface area contributed by atoms with E-state index in [1.807, 2.05) is 11.9 Å². The Balaban J connectivity index is 2.26. The van der Waals surface area contributed by atoms with Crippen LogP contribution in [-0.4, -0.2) is 25.0 Å². The van der Waals surface area contributed by atoms with E-state index in [0.717, 1.165) is 6.54 Å².